The molecule has 0 aliphatic heterocycles. The van der Waals surface area contributed by atoms with Crippen molar-refractivity contribution in [3.63, 3.8) is 0 Å². The number of nitrogens with zero attached hydrogens (tertiary/aromatic N) is 1. The van der Waals surface area contributed by atoms with Gasteiger partial charge in [0.2, 0.25) is 0 Å². The summed E-state index contributed by atoms with van der Waals surface area (Å²) in [6, 6.07) is 8.76. The lowest BCUT2D eigenvalue weighted by molar-refractivity contribution is 0.101. The fraction of sp³-hybridized carbons (Fsp3) is 0.200. The largest absolute Gasteiger partial charge is 0.295 e. The highest BCUT2D eigenvalue weighted by molar-refractivity contribution is 6.41. The second kappa shape index (κ2) is 4.47. The molecule has 0 aliphatic carbocycles. The predicted octanol–water partition coefficient (Wildman–Crippen LogP) is 1.91. The lowest BCUT2D eigenvalue weighted by Crippen LogP contribution is -2.00. The first kappa shape index (κ1) is 9.53. The molecule has 13 heavy (non-hydrogen) atoms. The van der Waals surface area contributed by atoms with Crippen molar-refractivity contribution in [1.82, 2.24) is 0 Å². The molecule has 0 saturated heterocycles. The maximum atomic E-state index is 11.4. The quantitative estimate of drug-likeness (QED) is 0.513. The number of hydrogen-bond acceptors (Lipinski definition) is 2. The maximum absolute atomic E-state index is 11.4. The molecule has 0 atom stereocenters. The van der Waals surface area contributed by atoms with Gasteiger partial charge in [0.15, 0.2) is 5.78 Å². The predicted molar refractivity (Wildman–Crippen MR) is 51.9 cm³/mol. The molecular weight excluding hydrogens is 161 g/mol. The molecule has 0 bridgehead atoms. The van der Waals surface area contributed by atoms with Crippen molar-refractivity contribution in [3.8, 4) is 6.07 Å². The van der Waals surface area contributed by atoms with Gasteiger partial charge in [-0.15, -0.1) is 0 Å². The maximum Gasteiger partial charge on any atom is 0.155 e. The highest BCUT2D eigenvalue weighted by Gasteiger charge is 2.04. The third-order valence-corrected chi connectivity index (χ3v) is 1.70. The van der Waals surface area contributed by atoms with Crippen molar-refractivity contribution in [2.45, 2.75) is 13.1 Å². The van der Waals surface area contributed by atoms with Gasteiger partial charge in [-0.3, -0.25) is 4.79 Å². The van der Waals surface area contributed by atoms with Crippen LogP contribution in [-0.2, 0) is 0 Å². The summed E-state index contributed by atoms with van der Waals surface area (Å²) in [5.41, 5.74) is 1.14. The van der Waals surface area contributed by atoms with E-state index in [2.05, 4.69) is 0 Å². The first-order chi connectivity index (χ1) is 6.27. The zero-order chi connectivity index (χ0) is 9.68. The SMILES string of the molecule is C[B]CC(=O)c1cccc(C#N)c1. The Bertz CT molecular complexity index is 354. The molecule has 63 valence electrons. The topological polar surface area (TPSA) is 40.9 Å². The molecule has 0 unspecified atom stereocenters. The highest BCUT2D eigenvalue weighted by atomic mass is 16.1. The first-order valence-electron chi connectivity index (χ1n) is 4.09. The number of carbonyl (C=O) groups is 1. The normalized spacial score (nSPS) is 8.92. The average molecular weight is 170 g/mol. The minimum Gasteiger partial charge on any atom is -0.295 e. The highest BCUT2D eigenvalue weighted by Crippen LogP contribution is 2.06. The molecule has 0 saturated carbocycles. The van der Waals surface area contributed by atoms with Crippen LogP contribution < -0.4 is 0 Å². The summed E-state index contributed by atoms with van der Waals surface area (Å²) in [5, 5.41) is 8.60. The van der Waals surface area contributed by atoms with E-state index in [0.717, 1.165) is 0 Å². The van der Waals surface area contributed by atoms with Gasteiger partial charge in [0, 0.05) is 5.56 Å². The van der Waals surface area contributed by atoms with Gasteiger partial charge in [-0.25, -0.2) is 0 Å². The van der Waals surface area contributed by atoms with Crippen LogP contribution in [-0.4, -0.2) is 13.1 Å². The number of benzene rings is 1. The van der Waals surface area contributed by atoms with E-state index in [-0.39, 0.29) is 5.78 Å². The zero-order valence-corrected chi connectivity index (χ0v) is 7.45. The number of hydrogen-bond donors (Lipinski definition) is 0. The Morgan fingerprint density at radius 2 is 2.38 bits per heavy atom. The van der Waals surface area contributed by atoms with Crippen LogP contribution in [0.5, 0.6) is 0 Å². The molecule has 0 aromatic heterocycles. The monoisotopic (exact) mass is 170 g/mol. The van der Waals surface area contributed by atoms with E-state index in [1.165, 1.54) is 0 Å². The van der Waals surface area contributed by atoms with Gasteiger partial charge in [0.05, 0.1) is 11.6 Å². The average Bonchev–Trinajstić information content (AvgIpc) is 2.18. The first-order valence-corrected chi connectivity index (χ1v) is 4.09. The van der Waals surface area contributed by atoms with Crippen molar-refractivity contribution in [1.29, 1.82) is 5.26 Å². The van der Waals surface area contributed by atoms with Gasteiger partial charge < -0.3 is 0 Å². The molecule has 0 N–H and O–H groups in total. The van der Waals surface area contributed by atoms with E-state index < -0.39 is 0 Å². The van der Waals surface area contributed by atoms with E-state index in [4.69, 9.17) is 5.26 Å². The van der Waals surface area contributed by atoms with Crippen LogP contribution in [0.3, 0.4) is 0 Å². The summed E-state index contributed by atoms with van der Waals surface area (Å²) < 4.78 is 0. The molecule has 3 heteroatoms. The van der Waals surface area contributed by atoms with E-state index in [9.17, 15) is 4.79 Å². The van der Waals surface area contributed by atoms with Gasteiger partial charge in [0.1, 0.15) is 7.28 Å². The van der Waals surface area contributed by atoms with Crippen LogP contribution in [0.4, 0.5) is 0 Å². The third kappa shape index (κ3) is 2.45. The van der Waals surface area contributed by atoms with Gasteiger partial charge in [-0.2, -0.15) is 5.26 Å². The van der Waals surface area contributed by atoms with E-state index in [1.54, 1.807) is 31.5 Å². The lowest BCUT2D eigenvalue weighted by Gasteiger charge is -1.97. The summed E-state index contributed by atoms with van der Waals surface area (Å²) >= 11 is 0. The van der Waals surface area contributed by atoms with Gasteiger partial charge in [-0.1, -0.05) is 19.0 Å². The smallest absolute Gasteiger partial charge is 0.155 e. The Morgan fingerprint density at radius 3 is 3.00 bits per heavy atom. The Hall–Kier alpha value is -1.56. The van der Waals surface area contributed by atoms with Gasteiger partial charge in [0.25, 0.3) is 0 Å². The van der Waals surface area contributed by atoms with Gasteiger partial charge in [-0.05, 0) is 18.5 Å². The number of rotatable bonds is 3. The Morgan fingerprint density at radius 1 is 1.62 bits per heavy atom. The second-order valence-corrected chi connectivity index (χ2v) is 2.73. The van der Waals surface area contributed by atoms with Crippen molar-refractivity contribution < 1.29 is 4.79 Å². The number of Topliss-reactive ketones (excluding diaryl/α,β-unsaturated/α-hetero) is 1. The molecule has 2 nitrogen and oxygen atoms in total. The number of ketones is 1. The lowest BCUT2D eigenvalue weighted by atomic mass is 9.75. The fourth-order valence-corrected chi connectivity index (χ4v) is 1.07. The number of nitriles is 1. The summed E-state index contributed by atoms with van der Waals surface area (Å²) in [7, 11) is 1.81. The standard InChI is InChI=1S/C10H9BNO/c1-11-6-10(13)9-4-2-3-8(5-9)7-12/h2-5H,6H2,1H3. The van der Waals surface area contributed by atoms with Gasteiger partial charge >= 0.3 is 0 Å². The van der Waals surface area contributed by atoms with Crippen LogP contribution in [0.1, 0.15) is 15.9 Å². The Labute approximate surface area is 78.4 Å². The number of carbonyl (C=O) groups excluding carboxylic acids is 1. The third-order valence-electron chi connectivity index (χ3n) is 1.70. The minimum absolute atomic E-state index is 0.0552. The van der Waals surface area contributed by atoms with Crippen LogP contribution in [0.15, 0.2) is 24.3 Å². The van der Waals surface area contributed by atoms with E-state index in [1.807, 2.05) is 12.9 Å². The van der Waals surface area contributed by atoms with Crippen LogP contribution in [0.2, 0.25) is 13.1 Å². The molecule has 1 rings (SSSR count). The fourth-order valence-electron chi connectivity index (χ4n) is 1.07. The molecule has 0 fully saturated rings. The minimum atomic E-state index is 0.0552. The molecule has 0 spiro atoms. The van der Waals surface area contributed by atoms with E-state index >= 15 is 0 Å². The molecular formula is C10H9BNO. The molecule has 0 aliphatic rings. The summed E-state index contributed by atoms with van der Waals surface area (Å²) in [6.45, 7) is 1.84. The molecule has 1 aromatic carbocycles. The van der Waals surface area contributed by atoms with Crippen molar-refractivity contribution in [2.24, 2.45) is 0 Å². The van der Waals surface area contributed by atoms with Crippen molar-refractivity contribution in [3.05, 3.63) is 35.4 Å². The van der Waals surface area contributed by atoms with Crippen LogP contribution in [0, 0.1) is 11.3 Å². The Kier molecular flexibility index (Phi) is 3.27. The zero-order valence-electron chi connectivity index (χ0n) is 7.45. The summed E-state index contributed by atoms with van der Waals surface area (Å²) in [4.78, 5) is 11.4. The summed E-state index contributed by atoms with van der Waals surface area (Å²) in [6.07, 6.45) is 0.425. The molecule has 1 radical (unpaired) electrons. The van der Waals surface area contributed by atoms with Crippen LogP contribution in [0.25, 0.3) is 0 Å². The molecule has 0 amide bonds. The summed E-state index contributed by atoms with van der Waals surface area (Å²) in [5.74, 6) is 0.0552. The molecule has 1 aromatic rings. The van der Waals surface area contributed by atoms with Crippen molar-refractivity contribution in [2.75, 3.05) is 0 Å². The molecule has 0 heterocycles. The van der Waals surface area contributed by atoms with E-state index in [0.29, 0.717) is 17.4 Å². The second-order valence-electron chi connectivity index (χ2n) is 2.73. The Balaban J connectivity index is 2.90. The van der Waals surface area contributed by atoms with Crippen molar-refractivity contribution >= 4 is 13.1 Å². The van der Waals surface area contributed by atoms with Crippen LogP contribution >= 0.6 is 0 Å².